The Bertz CT molecular complexity index is 844. The second-order valence-electron chi connectivity index (χ2n) is 7.12. The van der Waals surface area contributed by atoms with Crippen LogP contribution in [0.3, 0.4) is 0 Å². The van der Waals surface area contributed by atoms with Crippen molar-refractivity contribution in [1.29, 1.82) is 0 Å². The van der Waals surface area contributed by atoms with Gasteiger partial charge in [-0.15, -0.1) is 0 Å². The zero-order chi connectivity index (χ0) is 19.1. The van der Waals surface area contributed by atoms with Crippen molar-refractivity contribution in [3.05, 3.63) is 47.5 Å². The SMILES string of the molecule is Cc1c(C(=O)N2CCC(C(=O)O)(C(C)C)C2)cnn1-c1ccc(F)cc1. The van der Waals surface area contributed by atoms with Crippen LogP contribution in [0.2, 0.25) is 0 Å². The fourth-order valence-corrected chi connectivity index (χ4v) is 3.53. The van der Waals surface area contributed by atoms with E-state index in [-0.39, 0.29) is 24.2 Å². The number of carboxylic acids is 1. The first-order valence-corrected chi connectivity index (χ1v) is 8.59. The fourth-order valence-electron chi connectivity index (χ4n) is 3.53. The number of carbonyl (C=O) groups is 2. The van der Waals surface area contributed by atoms with Crippen molar-refractivity contribution in [2.45, 2.75) is 27.2 Å². The fraction of sp³-hybridized carbons (Fsp3) is 0.421. The van der Waals surface area contributed by atoms with Crippen molar-refractivity contribution in [2.24, 2.45) is 11.3 Å². The van der Waals surface area contributed by atoms with Gasteiger partial charge in [0.2, 0.25) is 0 Å². The molecule has 1 aromatic carbocycles. The van der Waals surface area contributed by atoms with Gasteiger partial charge in [0.25, 0.3) is 5.91 Å². The number of hydrogen-bond donors (Lipinski definition) is 1. The van der Waals surface area contributed by atoms with E-state index < -0.39 is 11.4 Å². The van der Waals surface area contributed by atoms with Crippen molar-refractivity contribution in [3.8, 4) is 5.69 Å². The number of nitrogens with zero attached hydrogens (tertiary/aromatic N) is 3. The molecule has 0 radical (unpaired) electrons. The number of carbonyl (C=O) groups excluding carboxylic acids is 1. The first-order valence-electron chi connectivity index (χ1n) is 8.59. The highest BCUT2D eigenvalue weighted by Gasteiger charge is 2.48. The monoisotopic (exact) mass is 359 g/mol. The summed E-state index contributed by atoms with van der Waals surface area (Å²) in [5, 5.41) is 13.9. The molecule has 1 amide bonds. The van der Waals surface area contributed by atoms with Crippen LogP contribution in [-0.4, -0.2) is 44.8 Å². The first-order chi connectivity index (χ1) is 12.3. The molecular weight excluding hydrogens is 337 g/mol. The summed E-state index contributed by atoms with van der Waals surface area (Å²) in [7, 11) is 0. The molecule has 0 saturated carbocycles. The van der Waals surface area contributed by atoms with E-state index >= 15 is 0 Å². The minimum atomic E-state index is -0.906. The molecule has 3 rings (SSSR count). The van der Waals surface area contributed by atoms with Crippen LogP contribution < -0.4 is 0 Å². The molecule has 1 aliphatic rings. The van der Waals surface area contributed by atoms with Crippen LogP contribution in [0.25, 0.3) is 5.69 Å². The van der Waals surface area contributed by atoms with Crippen molar-refractivity contribution in [2.75, 3.05) is 13.1 Å². The lowest BCUT2D eigenvalue weighted by atomic mass is 9.76. The average molecular weight is 359 g/mol. The molecule has 0 aliphatic carbocycles. The number of rotatable bonds is 4. The Morgan fingerprint density at radius 3 is 2.46 bits per heavy atom. The zero-order valence-corrected chi connectivity index (χ0v) is 15.1. The van der Waals surface area contributed by atoms with E-state index in [1.165, 1.54) is 18.3 Å². The minimum Gasteiger partial charge on any atom is -0.481 e. The second-order valence-corrected chi connectivity index (χ2v) is 7.12. The molecule has 0 spiro atoms. The summed E-state index contributed by atoms with van der Waals surface area (Å²) >= 11 is 0. The zero-order valence-electron chi connectivity index (χ0n) is 15.1. The number of amides is 1. The molecule has 1 unspecified atom stereocenters. The predicted octanol–water partition coefficient (Wildman–Crippen LogP) is 2.89. The number of aromatic nitrogens is 2. The Kier molecular flexibility index (Phi) is 4.56. The van der Waals surface area contributed by atoms with E-state index in [9.17, 15) is 19.1 Å². The number of aliphatic carboxylic acids is 1. The minimum absolute atomic E-state index is 0.0687. The van der Waals surface area contributed by atoms with E-state index in [2.05, 4.69) is 5.10 Å². The Labute approximate surface area is 151 Å². The Balaban J connectivity index is 1.86. The smallest absolute Gasteiger partial charge is 0.311 e. The topological polar surface area (TPSA) is 75.4 Å². The van der Waals surface area contributed by atoms with Crippen molar-refractivity contribution < 1.29 is 19.1 Å². The molecular formula is C19H22FN3O3. The molecule has 26 heavy (non-hydrogen) atoms. The summed E-state index contributed by atoms with van der Waals surface area (Å²) in [5.74, 6) is -1.49. The van der Waals surface area contributed by atoms with Crippen LogP contribution in [0.4, 0.5) is 4.39 Å². The quantitative estimate of drug-likeness (QED) is 0.911. The Hall–Kier alpha value is -2.70. The van der Waals surface area contributed by atoms with E-state index in [1.807, 2.05) is 13.8 Å². The molecule has 138 valence electrons. The number of benzene rings is 1. The summed E-state index contributed by atoms with van der Waals surface area (Å²) in [6.45, 7) is 6.12. The van der Waals surface area contributed by atoms with E-state index in [1.54, 1.807) is 28.6 Å². The van der Waals surface area contributed by atoms with Gasteiger partial charge in [-0.1, -0.05) is 13.8 Å². The van der Waals surface area contributed by atoms with Crippen LogP contribution in [0.15, 0.2) is 30.5 Å². The number of hydrogen-bond acceptors (Lipinski definition) is 3. The summed E-state index contributed by atoms with van der Waals surface area (Å²) in [6, 6.07) is 5.85. The van der Waals surface area contributed by atoms with Crippen LogP contribution >= 0.6 is 0 Å². The lowest BCUT2D eigenvalue weighted by Crippen LogP contribution is -2.40. The lowest BCUT2D eigenvalue weighted by Gasteiger charge is -2.28. The van der Waals surface area contributed by atoms with E-state index in [0.29, 0.717) is 29.9 Å². The van der Waals surface area contributed by atoms with Crippen LogP contribution in [0.1, 0.15) is 36.3 Å². The van der Waals surface area contributed by atoms with Gasteiger partial charge in [-0.25, -0.2) is 9.07 Å². The third-order valence-corrected chi connectivity index (χ3v) is 5.43. The summed E-state index contributed by atoms with van der Waals surface area (Å²) in [4.78, 5) is 26.3. The van der Waals surface area contributed by atoms with Gasteiger partial charge in [0, 0.05) is 13.1 Å². The van der Waals surface area contributed by atoms with Crippen molar-refractivity contribution in [1.82, 2.24) is 14.7 Å². The normalized spacial score (nSPS) is 20.0. The van der Waals surface area contributed by atoms with E-state index in [4.69, 9.17) is 0 Å². The summed E-state index contributed by atoms with van der Waals surface area (Å²) in [6.07, 6.45) is 1.92. The third kappa shape index (κ3) is 2.87. The van der Waals surface area contributed by atoms with Gasteiger partial charge >= 0.3 is 5.97 Å². The molecule has 1 N–H and O–H groups in total. The van der Waals surface area contributed by atoms with Gasteiger partial charge in [0.05, 0.1) is 28.6 Å². The number of halogens is 1. The lowest BCUT2D eigenvalue weighted by molar-refractivity contribution is -0.150. The molecule has 6 nitrogen and oxygen atoms in total. The largest absolute Gasteiger partial charge is 0.481 e. The molecule has 1 aliphatic heterocycles. The first kappa shape index (κ1) is 18.1. The van der Waals surface area contributed by atoms with Crippen LogP contribution in [-0.2, 0) is 4.79 Å². The van der Waals surface area contributed by atoms with Crippen LogP contribution in [0, 0.1) is 24.1 Å². The maximum absolute atomic E-state index is 13.1. The maximum Gasteiger partial charge on any atom is 0.311 e. The average Bonchev–Trinajstić information content (AvgIpc) is 3.20. The molecule has 1 fully saturated rings. The molecule has 2 heterocycles. The molecule has 1 atom stereocenters. The third-order valence-electron chi connectivity index (χ3n) is 5.43. The molecule has 0 bridgehead atoms. The van der Waals surface area contributed by atoms with Gasteiger partial charge in [0.1, 0.15) is 5.82 Å². The maximum atomic E-state index is 13.1. The van der Waals surface area contributed by atoms with Crippen LogP contribution in [0.5, 0.6) is 0 Å². The predicted molar refractivity (Wildman–Crippen MR) is 93.7 cm³/mol. The summed E-state index contributed by atoms with van der Waals surface area (Å²) in [5.41, 5.74) is 0.820. The number of carboxylic acid groups (broad SMARTS) is 1. The van der Waals surface area contributed by atoms with Gasteiger partial charge < -0.3 is 10.0 Å². The van der Waals surface area contributed by atoms with Gasteiger partial charge in [0.15, 0.2) is 0 Å². The second kappa shape index (κ2) is 6.55. The van der Waals surface area contributed by atoms with Gasteiger partial charge in [-0.05, 0) is 43.5 Å². The summed E-state index contributed by atoms with van der Waals surface area (Å²) < 4.78 is 14.7. The highest BCUT2D eigenvalue weighted by atomic mass is 19.1. The standard InChI is InChI=1S/C19H22FN3O3/c1-12(2)19(18(25)26)8-9-22(11-19)17(24)16-10-21-23(13(16)3)15-6-4-14(20)5-7-15/h4-7,10,12H,8-9,11H2,1-3H3,(H,25,26). The number of likely N-dealkylation sites (tertiary alicyclic amines) is 1. The highest BCUT2D eigenvalue weighted by molar-refractivity contribution is 5.96. The Morgan fingerprint density at radius 1 is 1.27 bits per heavy atom. The molecule has 2 aromatic rings. The Morgan fingerprint density at radius 2 is 1.92 bits per heavy atom. The van der Waals surface area contributed by atoms with Crippen molar-refractivity contribution in [3.63, 3.8) is 0 Å². The highest BCUT2D eigenvalue weighted by Crippen LogP contribution is 2.38. The van der Waals surface area contributed by atoms with Crippen molar-refractivity contribution >= 4 is 11.9 Å². The van der Waals surface area contributed by atoms with E-state index in [0.717, 1.165) is 0 Å². The van der Waals surface area contributed by atoms with Gasteiger partial charge in [-0.3, -0.25) is 9.59 Å². The van der Waals surface area contributed by atoms with Gasteiger partial charge in [-0.2, -0.15) is 5.10 Å². The molecule has 7 heteroatoms. The molecule has 1 saturated heterocycles. The molecule has 1 aromatic heterocycles.